The van der Waals surface area contributed by atoms with Gasteiger partial charge in [-0.2, -0.15) is 5.26 Å². The van der Waals surface area contributed by atoms with Crippen LogP contribution >= 0.6 is 23.2 Å². The zero-order valence-corrected chi connectivity index (χ0v) is 21.7. The summed E-state index contributed by atoms with van der Waals surface area (Å²) in [5.74, 6) is 0.756. The van der Waals surface area contributed by atoms with Gasteiger partial charge in [-0.25, -0.2) is 0 Å². The van der Waals surface area contributed by atoms with Crippen molar-refractivity contribution in [1.82, 2.24) is 10.3 Å². The average molecular weight is 492 g/mol. The second-order valence-electron chi connectivity index (χ2n) is 7.19. The minimum absolute atomic E-state index is 0.263. The van der Waals surface area contributed by atoms with Crippen molar-refractivity contribution in [2.24, 2.45) is 0 Å². The Kier molecular flexibility index (Phi) is 16.8. The number of nitrogens with zero attached hydrogens (tertiary/aromatic N) is 2. The molecule has 0 saturated heterocycles. The molecule has 0 atom stereocenters. The number of pyridine rings is 1. The van der Waals surface area contributed by atoms with E-state index in [9.17, 15) is 4.79 Å². The number of halogens is 2. The highest BCUT2D eigenvalue weighted by atomic mass is 35.5. The van der Waals surface area contributed by atoms with Gasteiger partial charge in [-0.3, -0.25) is 9.78 Å². The molecule has 1 aromatic carbocycles. The highest BCUT2D eigenvalue weighted by Crippen LogP contribution is 2.27. The molecule has 3 rings (SSSR count). The maximum absolute atomic E-state index is 10.1. The van der Waals surface area contributed by atoms with Crippen LogP contribution < -0.4 is 10.1 Å². The van der Waals surface area contributed by atoms with Gasteiger partial charge in [0.25, 0.3) is 0 Å². The molecular formula is C26H35Cl2N3O2. The van der Waals surface area contributed by atoms with Crippen LogP contribution in [0.5, 0.6) is 5.75 Å². The largest absolute Gasteiger partial charge is 0.490 e. The molecule has 0 spiro atoms. The van der Waals surface area contributed by atoms with Gasteiger partial charge in [-0.15, -0.1) is 0 Å². The summed E-state index contributed by atoms with van der Waals surface area (Å²) in [5, 5.41) is 13.2. The van der Waals surface area contributed by atoms with Crippen LogP contribution in [0.15, 0.2) is 48.1 Å². The van der Waals surface area contributed by atoms with E-state index >= 15 is 0 Å². The summed E-state index contributed by atoms with van der Waals surface area (Å²) in [5.41, 5.74) is 2.05. The van der Waals surface area contributed by atoms with Crippen LogP contribution in [0.3, 0.4) is 0 Å². The van der Waals surface area contributed by atoms with E-state index in [1.54, 1.807) is 31.3 Å². The van der Waals surface area contributed by atoms with Gasteiger partial charge in [0.1, 0.15) is 17.5 Å². The van der Waals surface area contributed by atoms with Gasteiger partial charge in [-0.1, -0.05) is 49.7 Å². The topological polar surface area (TPSA) is 75.0 Å². The molecule has 0 amide bonds. The van der Waals surface area contributed by atoms with Crippen LogP contribution in [0.25, 0.3) is 0 Å². The number of aryl methyl sites for hydroxylation is 1. The number of hydrogen-bond acceptors (Lipinski definition) is 5. The van der Waals surface area contributed by atoms with E-state index in [1.807, 2.05) is 46.0 Å². The van der Waals surface area contributed by atoms with E-state index in [0.717, 1.165) is 43.3 Å². The average Bonchev–Trinajstić information content (AvgIpc) is 2.82. The molecule has 1 heterocycles. The number of hydrogen-bond donors (Lipinski definition) is 1. The van der Waals surface area contributed by atoms with Crippen LogP contribution in [0.4, 0.5) is 0 Å². The Morgan fingerprint density at radius 3 is 2.27 bits per heavy atom. The Hall–Kier alpha value is -2.39. The third-order valence-corrected chi connectivity index (χ3v) is 4.81. The molecule has 7 heteroatoms. The number of ether oxygens (including phenoxy) is 1. The lowest BCUT2D eigenvalue weighted by atomic mass is 9.93. The first-order valence-corrected chi connectivity index (χ1v) is 11.8. The quantitative estimate of drug-likeness (QED) is 0.461. The lowest BCUT2D eigenvalue weighted by Gasteiger charge is -2.28. The standard InChI is InChI=1S/C14H17ClN2O.C7H7NO.C3H5Cl.C2H6/c1-17-11-3-6-12(7-4-11)18-13-5-2-10(9-16)14(15)8-13;1-6-2-3-7(5-9)8-4-6;1-3(2)4;1-2/h2,5,8,11-12,17H,3-4,6-7H2,1H3;2-5H,1H3;1H2,2H3;1-2H3. The molecule has 0 bridgehead atoms. The lowest BCUT2D eigenvalue weighted by molar-refractivity contribution is 0.111. The number of nitriles is 1. The van der Waals surface area contributed by atoms with Gasteiger partial charge in [0.2, 0.25) is 0 Å². The second-order valence-corrected chi connectivity index (χ2v) is 8.24. The van der Waals surface area contributed by atoms with Crippen molar-refractivity contribution in [2.75, 3.05) is 7.05 Å². The smallest absolute Gasteiger partial charge is 0.168 e. The molecule has 1 aromatic heterocycles. The number of carbonyl (C=O) groups excluding carboxylic acids is 1. The van der Waals surface area contributed by atoms with E-state index in [2.05, 4.69) is 16.9 Å². The Morgan fingerprint density at radius 2 is 1.85 bits per heavy atom. The predicted octanol–water partition coefficient (Wildman–Crippen LogP) is 7.11. The maximum atomic E-state index is 10.1. The van der Waals surface area contributed by atoms with Crippen LogP contribution in [-0.4, -0.2) is 30.5 Å². The van der Waals surface area contributed by atoms with Crippen LogP contribution in [-0.2, 0) is 0 Å². The lowest BCUT2D eigenvalue weighted by Crippen LogP contribution is -2.34. The van der Waals surface area contributed by atoms with Crippen molar-refractivity contribution < 1.29 is 9.53 Å². The predicted molar refractivity (Wildman–Crippen MR) is 138 cm³/mol. The van der Waals surface area contributed by atoms with Crippen LogP contribution in [0, 0.1) is 18.3 Å². The third kappa shape index (κ3) is 13.7. The fourth-order valence-corrected chi connectivity index (χ4v) is 3.08. The zero-order chi connectivity index (χ0) is 25.2. The van der Waals surface area contributed by atoms with E-state index in [1.165, 1.54) is 0 Å². The molecule has 1 N–H and O–H groups in total. The number of nitrogens with one attached hydrogen (secondary N) is 1. The van der Waals surface area contributed by atoms with Gasteiger partial charge in [0.15, 0.2) is 6.29 Å². The summed E-state index contributed by atoms with van der Waals surface area (Å²) in [6.45, 7) is 11.0. The Balaban J connectivity index is 0.000000569. The Bertz CT molecular complexity index is 868. The first-order valence-electron chi connectivity index (χ1n) is 11.0. The first-order chi connectivity index (χ1) is 15.8. The number of allylic oxidation sites excluding steroid dienone is 1. The fraction of sp³-hybridized carbons (Fsp3) is 0.423. The molecule has 2 aromatic rings. The van der Waals surface area contributed by atoms with Crippen molar-refractivity contribution in [1.29, 1.82) is 5.26 Å². The monoisotopic (exact) mass is 491 g/mol. The normalized spacial score (nSPS) is 16.2. The molecule has 0 aliphatic heterocycles. The summed E-state index contributed by atoms with van der Waals surface area (Å²) < 4.78 is 5.91. The van der Waals surface area contributed by atoms with Crippen molar-refractivity contribution >= 4 is 29.5 Å². The highest BCUT2D eigenvalue weighted by Gasteiger charge is 2.21. The number of aldehydes is 1. The summed E-state index contributed by atoms with van der Waals surface area (Å²) >= 11 is 11.1. The van der Waals surface area contributed by atoms with Crippen molar-refractivity contribution in [2.45, 2.75) is 65.5 Å². The molecule has 33 heavy (non-hydrogen) atoms. The van der Waals surface area contributed by atoms with Gasteiger partial charge >= 0.3 is 0 Å². The van der Waals surface area contributed by atoms with Crippen LogP contribution in [0.2, 0.25) is 5.02 Å². The molecule has 1 fully saturated rings. The van der Waals surface area contributed by atoms with Gasteiger partial charge < -0.3 is 10.1 Å². The van der Waals surface area contributed by atoms with E-state index in [0.29, 0.717) is 27.4 Å². The third-order valence-electron chi connectivity index (χ3n) is 4.50. The summed E-state index contributed by atoms with van der Waals surface area (Å²) in [4.78, 5) is 13.9. The molecule has 0 radical (unpaired) electrons. The molecule has 1 aliphatic rings. The van der Waals surface area contributed by atoms with Crippen molar-refractivity contribution in [3.05, 3.63) is 70.0 Å². The molecular weight excluding hydrogens is 457 g/mol. The summed E-state index contributed by atoms with van der Waals surface area (Å²) in [6.07, 6.45) is 7.07. The van der Waals surface area contributed by atoms with E-state index in [-0.39, 0.29) is 6.10 Å². The summed E-state index contributed by atoms with van der Waals surface area (Å²) in [6, 6.07) is 11.5. The first kappa shape index (κ1) is 30.6. The molecule has 5 nitrogen and oxygen atoms in total. The minimum Gasteiger partial charge on any atom is -0.490 e. The molecule has 180 valence electrons. The molecule has 1 aliphatic carbocycles. The van der Waals surface area contributed by atoms with Crippen LogP contribution in [0.1, 0.15) is 68.1 Å². The highest BCUT2D eigenvalue weighted by molar-refractivity contribution is 6.31. The Labute approximate surface area is 208 Å². The van der Waals surface area contributed by atoms with Crippen molar-refractivity contribution in [3.63, 3.8) is 0 Å². The number of carbonyl (C=O) groups is 1. The van der Waals surface area contributed by atoms with E-state index in [4.69, 9.17) is 33.2 Å². The Morgan fingerprint density at radius 1 is 1.24 bits per heavy atom. The zero-order valence-electron chi connectivity index (χ0n) is 20.2. The SMILES string of the molecule is C=C(C)Cl.CC.CNC1CCC(Oc2ccc(C#N)c(Cl)c2)CC1.Cc1ccc(C=O)nc1. The number of rotatable bonds is 4. The summed E-state index contributed by atoms with van der Waals surface area (Å²) in [7, 11) is 2.01. The molecule has 1 saturated carbocycles. The fourth-order valence-electron chi connectivity index (χ4n) is 2.87. The second kappa shape index (κ2) is 18.1. The number of benzene rings is 1. The number of aromatic nitrogens is 1. The van der Waals surface area contributed by atoms with E-state index < -0.39 is 0 Å². The molecule has 0 unspecified atom stereocenters. The van der Waals surface area contributed by atoms with Gasteiger partial charge in [-0.05, 0) is 70.3 Å². The van der Waals surface area contributed by atoms with Gasteiger partial charge in [0.05, 0.1) is 16.7 Å². The van der Waals surface area contributed by atoms with Gasteiger partial charge in [0, 0.05) is 23.3 Å². The minimum atomic E-state index is 0.263. The van der Waals surface area contributed by atoms with Crippen molar-refractivity contribution in [3.8, 4) is 11.8 Å². The maximum Gasteiger partial charge on any atom is 0.168 e.